The summed E-state index contributed by atoms with van der Waals surface area (Å²) >= 11 is 0. The van der Waals surface area contributed by atoms with Gasteiger partial charge in [-0.05, 0) is 117 Å². The number of ketones is 1. The third-order valence-electron chi connectivity index (χ3n) is 11.8. The number of carbonyl (C=O) groups is 1. The lowest BCUT2D eigenvalue weighted by atomic mass is 9.47. The molecule has 0 aromatic rings. The average Bonchev–Trinajstić information content (AvgIpc) is 3.73. The highest BCUT2D eigenvalue weighted by Crippen LogP contribution is 2.76. The van der Waals surface area contributed by atoms with E-state index in [2.05, 4.69) is 19.9 Å². The zero-order valence-electron chi connectivity index (χ0n) is 21.7. The molecule has 0 unspecified atom stereocenters. The van der Waals surface area contributed by atoms with Crippen LogP contribution in [0.15, 0.2) is 16.8 Å². The Labute approximate surface area is 210 Å². The van der Waals surface area contributed by atoms with Crippen molar-refractivity contribution in [3.63, 3.8) is 0 Å². The van der Waals surface area contributed by atoms with Crippen molar-refractivity contribution < 1.29 is 9.90 Å². The molecule has 0 aliphatic heterocycles. The third kappa shape index (κ3) is 3.64. The number of hydrogen-bond donors (Lipinski definition) is 2. The highest BCUT2D eigenvalue weighted by Gasteiger charge is 2.73. The van der Waals surface area contributed by atoms with Gasteiger partial charge in [-0.15, -0.1) is 0 Å². The first-order valence-electron chi connectivity index (χ1n) is 14.3. The number of fused-ring (bicyclic) bond motifs is 7. The quantitative estimate of drug-likeness (QED) is 0.435. The predicted octanol–water partition coefficient (Wildman–Crippen LogP) is 4.89. The summed E-state index contributed by atoms with van der Waals surface area (Å²) in [4.78, 5) is 18.6. The molecule has 6 aliphatic carbocycles. The Hall–Kier alpha value is -1.67. The van der Waals surface area contributed by atoms with Crippen LogP contribution in [-0.2, 0) is 4.79 Å². The van der Waals surface area contributed by atoms with E-state index in [0.29, 0.717) is 46.9 Å². The molecule has 190 valence electrons. The normalized spacial score (nSPS) is 50.9. The molecule has 35 heavy (non-hydrogen) atoms. The fraction of sp³-hybridized carbons (Fsp3) is 0.833. The monoisotopic (exact) mass is 477 g/mol. The van der Waals surface area contributed by atoms with Gasteiger partial charge in [0.05, 0.1) is 23.4 Å². The molecule has 6 fully saturated rings. The number of carbonyl (C=O) groups excluding carboxylic acids is 1. The van der Waals surface area contributed by atoms with Crippen molar-refractivity contribution in [2.45, 2.75) is 84.2 Å². The molecule has 6 aliphatic rings. The second-order valence-corrected chi connectivity index (χ2v) is 13.8. The number of nitriles is 1. The summed E-state index contributed by atoms with van der Waals surface area (Å²) in [6.07, 6.45) is 11.5. The number of aliphatic hydroxyl groups is 1. The lowest BCUT2D eigenvalue weighted by Crippen LogP contribution is -2.52. The van der Waals surface area contributed by atoms with Crippen LogP contribution in [0.25, 0.3) is 0 Å². The molecule has 0 spiro atoms. The summed E-state index contributed by atoms with van der Waals surface area (Å²) in [7, 11) is 0. The lowest BCUT2D eigenvalue weighted by Gasteiger charge is -2.58. The molecule has 6 saturated carbocycles. The van der Waals surface area contributed by atoms with Gasteiger partial charge in [-0.3, -0.25) is 9.79 Å². The van der Waals surface area contributed by atoms with Crippen molar-refractivity contribution in [3.05, 3.63) is 11.8 Å². The van der Waals surface area contributed by atoms with Crippen molar-refractivity contribution in [2.75, 3.05) is 6.54 Å². The smallest absolute Gasteiger partial charge is 0.158 e. The van der Waals surface area contributed by atoms with Gasteiger partial charge < -0.3 is 10.8 Å². The first kappa shape index (κ1) is 23.7. The number of Topliss-reactive ketones (excluding diaryl/α,β-unsaturated/α-hetero) is 1. The van der Waals surface area contributed by atoms with Gasteiger partial charge in [-0.1, -0.05) is 13.8 Å². The Morgan fingerprint density at radius 3 is 2.51 bits per heavy atom. The molecule has 11 atom stereocenters. The molecule has 0 heterocycles. The van der Waals surface area contributed by atoms with Gasteiger partial charge in [0.15, 0.2) is 5.78 Å². The maximum atomic E-state index is 13.8. The minimum absolute atomic E-state index is 0.101. The number of nitrogens with zero attached hydrogens (tertiary/aromatic N) is 2. The first-order chi connectivity index (χ1) is 16.7. The van der Waals surface area contributed by atoms with E-state index in [1.165, 1.54) is 38.3 Å². The highest BCUT2D eigenvalue weighted by atomic mass is 16.3. The van der Waals surface area contributed by atoms with E-state index in [1.54, 1.807) is 0 Å². The van der Waals surface area contributed by atoms with Gasteiger partial charge >= 0.3 is 0 Å². The topological polar surface area (TPSA) is 99.5 Å². The Bertz CT molecular complexity index is 1000. The summed E-state index contributed by atoms with van der Waals surface area (Å²) < 4.78 is 0. The average molecular weight is 478 g/mol. The van der Waals surface area contributed by atoms with Crippen LogP contribution in [0.3, 0.4) is 0 Å². The van der Waals surface area contributed by atoms with E-state index in [9.17, 15) is 15.2 Å². The van der Waals surface area contributed by atoms with Crippen molar-refractivity contribution in [1.29, 1.82) is 5.26 Å². The standard InChI is InChI=1S/C30H43N3O2/c1-16-24-25(16)27(23(34)15-33-28(17-4-5-17)19(13-31)14-32)30(3)11-9-21-20-8-10-29(2,35)12-18(20)6-7-22(21)26(24)30/h13,16-18,20-22,24-27,35H,4-12,15,31H2,1-3H3/t16-,18+,20-,21+,22+,24+,25-,26+,27-,29+,30-/m0/s1. The lowest BCUT2D eigenvalue weighted by molar-refractivity contribution is -0.135. The van der Waals surface area contributed by atoms with Crippen LogP contribution in [0.2, 0.25) is 0 Å². The van der Waals surface area contributed by atoms with Gasteiger partial charge in [-0.25, -0.2) is 0 Å². The molecular formula is C30H43N3O2. The number of nitrogens with two attached hydrogens (primary N) is 1. The summed E-state index contributed by atoms with van der Waals surface area (Å²) in [6.45, 7) is 7.07. The van der Waals surface area contributed by atoms with E-state index in [4.69, 9.17) is 10.7 Å². The van der Waals surface area contributed by atoms with E-state index >= 15 is 0 Å². The minimum atomic E-state index is -0.470. The summed E-state index contributed by atoms with van der Waals surface area (Å²) in [5.41, 5.74) is 6.53. The van der Waals surface area contributed by atoms with Crippen molar-refractivity contribution in [3.8, 4) is 6.07 Å². The minimum Gasteiger partial charge on any atom is -0.403 e. The molecule has 0 saturated heterocycles. The Kier molecular flexibility index (Phi) is 5.53. The summed E-state index contributed by atoms with van der Waals surface area (Å²) in [5, 5.41) is 20.2. The molecule has 0 aromatic heterocycles. The van der Waals surface area contributed by atoms with Gasteiger partial charge in [0.2, 0.25) is 0 Å². The molecule has 5 nitrogen and oxygen atoms in total. The molecule has 0 radical (unpaired) electrons. The number of allylic oxidation sites excluding steroid dienone is 1. The second-order valence-electron chi connectivity index (χ2n) is 13.8. The molecule has 5 heteroatoms. The van der Waals surface area contributed by atoms with Crippen LogP contribution in [0.1, 0.15) is 78.6 Å². The Morgan fingerprint density at radius 2 is 1.83 bits per heavy atom. The van der Waals surface area contributed by atoms with E-state index in [0.717, 1.165) is 49.1 Å². The maximum Gasteiger partial charge on any atom is 0.158 e. The highest BCUT2D eigenvalue weighted by molar-refractivity contribution is 6.07. The van der Waals surface area contributed by atoms with Crippen LogP contribution in [0, 0.1) is 75.9 Å². The van der Waals surface area contributed by atoms with Gasteiger partial charge in [0.1, 0.15) is 6.07 Å². The van der Waals surface area contributed by atoms with Gasteiger partial charge in [-0.2, -0.15) is 5.26 Å². The summed E-state index contributed by atoms with van der Waals surface area (Å²) in [5.74, 6) is 6.30. The SMILES string of the molecule is C[C@H]1[C@@H]2[C@H]1[C@H](C(=O)CN=C(C(C#N)=CN)C1CC1)[C@@]1(C)CC[C@H]3[C@@H](CC[C@@H]4C[C@](C)(O)CC[C@@H]43)[C@H]21. The van der Waals surface area contributed by atoms with Gasteiger partial charge in [0.25, 0.3) is 0 Å². The number of rotatable bonds is 5. The van der Waals surface area contributed by atoms with E-state index in [-0.39, 0.29) is 17.9 Å². The van der Waals surface area contributed by atoms with Crippen LogP contribution in [0.5, 0.6) is 0 Å². The molecule has 0 bridgehead atoms. The van der Waals surface area contributed by atoms with Gasteiger partial charge in [0, 0.05) is 18.0 Å². The number of hydrogen-bond acceptors (Lipinski definition) is 5. The molecule has 0 amide bonds. The first-order valence-corrected chi connectivity index (χ1v) is 14.3. The maximum absolute atomic E-state index is 13.8. The zero-order valence-corrected chi connectivity index (χ0v) is 21.7. The Balaban J connectivity index is 1.23. The zero-order chi connectivity index (χ0) is 24.7. The molecule has 0 aromatic carbocycles. The number of aliphatic imine (C=N–C) groups is 1. The predicted molar refractivity (Wildman–Crippen MR) is 136 cm³/mol. The molecule has 3 N–H and O–H groups in total. The van der Waals surface area contributed by atoms with Crippen molar-refractivity contribution in [1.82, 2.24) is 0 Å². The summed E-state index contributed by atoms with van der Waals surface area (Å²) in [6, 6.07) is 2.18. The largest absolute Gasteiger partial charge is 0.403 e. The third-order valence-corrected chi connectivity index (χ3v) is 11.8. The van der Waals surface area contributed by atoms with Crippen LogP contribution in [-0.4, -0.2) is 28.7 Å². The van der Waals surface area contributed by atoms with Crippen LogP contribution < -0.4 is 5.73 Å². The fourth-order valence-electron chi connectivity index (χ4n) is 10.3. The van der Waals surface area contributed by atoms with Crippen molar-refractivity contribution in [2.24, 2.45) is 75.3 Å². The fourth-order valence-corrected chi connectivity index (χ4v) is 10.3. The molecule has 6 rings (SSSR count). The Morgan fingerprint density at radius 1 is 1.09 bits per heavy atom. The van der Waals surface area contributed by atoms with Crippen LogP contribution in [0.4, 0.5) is 0 Å². The van der Waals surface area contributed by atoms with Crippen LogP contribution >= 0.6 is 0 Å². The van der Waals surface area contributed by atoms with E-state index < -0.39 is 5.60 Å². The van der Waals surface area contributed by atoms with E-state index in [1.807, 2.05) is 6.92 Å². The second kappa shape index (κ2) is 8.17. The van der Waals surface area contributed by atoms with Crippen molar-refractivity contribution >= 4 is 11.5 Å². The molecular weight excluding hydrogens is 434 g/mol.